The van der Waals surface area contributed by atoms with Crippen LogP contribution in [0.25, 0.3) is 22.3 Å². The van der Waals surface area contributed by atoms with Crippen molar-refractivity contribution >= 4 is 77.3 Å². The van der Waals surface area contributed by atoms with Crippen molar-refractivity contribution in [2.75, 3.05) is 12.3 Å². The largest absolute Gasteiger partial charge is 0.386 e. The van der Waals surface area contributed by atoms with Gasteiger partial charge >= 0.3 is 13.5 Å². The number of imidazole rings is 2. The van der Waals surface area contributed by atoms with Crippen LogP contribution in [0.15, 0.2) is 25.3 Å². The van der Waals surface area contributed by atoms with Crippen molar-refractivity contribution in [1.82, 2.24) is 39.0 Å². The van der Waals surface area contributed by atoms with Gasteiger partial charge in [0.15, 0.2) is 35.9 Å². The average Bonchev–Trinajstić information content (AvgIpc) is 3.70. The molecule has 2 bridgehead atoms. The summed E-state index contributed by atoms with van der Waals surface area (Å²) in [6.07, 6.45) is -0.556. The van der Waals surface area contributed by atoms with Gasteiger partial charge in [-0.3, -0.25) is 22.7 Å². The lowest BCUT2D eigenvalue weighted by atomic mass is 10.1. The molecule has 3 aliphatic rings. The molecule has 10 atom stereocenters. The third-order valence-corrected chi connectivity index (χ3v) is 11.0. The summed E-state index contributed by atoms with van der Waals surface area (Å²) < 4.78 is 52.5. The minimum absolute atomic E-state index is 0.167. The molecular weight excluding hydrogens is 668 g/mol. The highest BCUT2D eigenvalue weighted by molar-refractivity contribution is 8.44. The second-order valence-corrected chi connectivity index (χ2v) is 16.2. The van der Waals surface area contributed by atoms with Crippen LogP contribution in [0.2, 0.25) is 0 Å². The first kappa shape index (κ1) is 29.8. The summed E-state index contributed by atoms with van der Waals surface area (Å²) in [4.78, 5) is 36.5. The Balaban J connectivity index is 1.21. The molecule has 0 spiro atoms. The first-order valence-electron chi connectivity index (χ1n) is 12.8. The maximum Gasteiger partial charge on any atom is 0.386 e. The zero-order valence-electron chi connectivity index (χ0n) is 22.2. The van der Waals surface area contributed by atoms with Crippen LogP contribution >= 0.6 is 37.4 Å². The van der Waals surface area contributed by atoms with E-state index in [1.165, 1.54) is 29.9 Å². The lowest BCUT2D eigenvalue weighted by Gasteiger charge is -2.29. The van der Waals surface area contributed by atoms with E-state index in [1.807, 2.05) is 0 Å². The van der Waals surface area contributed by atoms with E-state index in [0.29, 0.717) is 28.0 Å². The average molecular weight is 692 g/mol. The molecule has 230 valence electrons. The number of aryl methyl sites for hydroxylation is 1. The Morgan fingerprint density at radius 2 is 1.67 bits per heavy atom. The number of nitrogen functional groups attached to an aromatic ring is 1. The molecule has 43 heavy (non-hydrogen) atoms. The van der Waals surface area contributed by atoms with Crippen molar-refractivity contribution in [3.8, 4) is 0 Å². The highest BCUT2D eigenvalue weighted by atomic mass is 35.5. The monoisotopic (exact) mass is 691 g/mol. The Morgan fingerprint density at radius 1 is 1.00 bits per heavy atom. The van der Waals surface area contributed by atoms with Gasteiger partial charge in [0, 0.05) is 5.92 Å². The number of ether oxygens (including phenoxy) is 2. The van der Waals surface area contributed by atoms with Gasteiger partial charge in [0.05, 0.1) is 25.0 Å². The molecule has 7 rings (SSSR count). The fourth-order valence-electron chi connectivity index (χ4n) is 5.30. The molecule has 7 heterocycles. The zero-order chi connectivity index (χ0) is 30.3. The van der Waals surface area contributed by atoms with Gasteiger partial charge in [0.1, 0.15) is 47.4 Å². The fourth-order valence-corrected chi connectivity index (χ4v) is 8.97. The van der Waals surface area contributed by atoms with Crippen LogP contribution in [0.3, 0.4) is 0 Å². The highest BCUT2D eigenvalue weighted by Crippen LogP contribution is 2.60. The van der Waals surface area contributed by atoms with Crippen LogP contribution in [-0.2, 0) is 43.9 Å². The van der Waals surface area contributed by atoms with Gasteiger partial charge in [-0.25, -0.2) is 34.5 Å². The SMILES string of the molecule is Cc1ncnc2c1ncn2[C@@H]1O[C@@H]2OP(O)(=S)O[C@H]3[C@@H](Cl)[C@H](n4cnc5c(N)ncnc54)O[C@@H]3COP(=O)(S)O[C@@H]1[C@@H]2C. The molecular formula is C21H24ClN9O8P2S2. The molecule has 3 aliphatic heterocycles. The Labute approximate surface area is 258 Å². The Morgan fingerprint density at radius 3 is 2.44 bits per heavy atom. The number of rotatable bonds is 2. The third kappa shape index (κ3) is 5.28. The van der Waals surface area contributed by atoms with Crippen LogP contribution in [0.5, 0.6) is 0 Å². The van der Waals surface area contributed by atoms with Gasteiger partial charge in [0.2, 0.25) is 0 Å². The van der Waals surface area contributed by atoms with Gasteiger partial charge in [0.25, 0.3) is 0 Å². The van der Waals surface area contributed by atoms with Crippen LogP contribution in [0.4, 0.5) is 5.82 Å². The molecule has 22 heteroatoms. The summed E-state index contributed by atoms with van der Waals surface area (Å²) in [5.74, 6) is -0.482. The molecule has 0 aromatic carbocycles. The van der Waals surface area contributed by atoms with Gasteiger partial charge in [-0.1, -0.05) is 19.2 Å². The molecule has 4 aromatic rings. The minimum atomic E-state index is -4.08. The van der Waals surface area contributed by atoms with E-state index in [4.69, 9.17) is 56.7 Å². The van der Waals surface area contributed by atoms with Crippen LogP contribution in [-0.4, -0.2) is 80.5 Å². The molecule has 0 amide bonds. The molecule has 17 nitrogen and oxygen atoms in total. The van der Waals surface area contributed by atoms with Crippen LogP contribution < -0.4 is 5.73 Å². The van der Waals surface area contributed by atoms with E-state index < -0.39 is 61.9 Å². The van der Waals surface area contributed by atoms with Crippen molar-refractivity contribution in [1.29, 1.82) is 0 Å². The van der Waals surface area contributed by atoms with Gasteiger partial charge in [-0.2, -0.15) is 0 Å². The first-order valence-corrected chi connectivity index (χ1v) is 18.5. The fraction of sp³-hybridized carbons (Fsp3) is 0.524. The number of hydrogen-bond acceptors (Lipinski definition) is 15. The highest BCUT2D eigenvalue weighted by Gasteiger charge is 2.53. The number of anilines is 1. The maximum absolute atomic E-state index is 13.6. The molecule has 2 unspecified atom stereocenters. The quantitative estimate of drug-likeness (QED) is 0.157. The number of alkyl halides is 1. The third-order valence-electron chi connectivity index (χ3n) is 7.40. The van der Waals surface area contributed by atoms with E-state index in [0.717, 1.165) is 0 Å². The molecule has 3 N–H and O–H groups in total. The van der Waals surface area contributed by atoms with Crippen molar-refractivity contribution in [2.45, 2.75) is 56.3 Å². The number of aromatic nitrogens is 8. The lowest BCUT2D eigenvalue weighted by molar-refractivity contribution is -0.119. The van der Waals surface area contributed by atoms with Crippen LogP contribution in [0, 0.1) is 12.8 Å². The number of fused-ring (bicyclic) bond motifs is 5. The van der Waals surface area contributed by atoms with E-state index in [1.54, 1.807) is 18.4 Å². The number of nitrogens with two attached hydrogens (primary N) is 1. The second kappa shape index (κ2) is 10.9. The standard InChI is InChI=1S/C21H24ClN9O8P2S2/c1-8-14-20(31-6-28-12-9(2)24-4-26-17(12)31)36-21(8)39-41(33,43)38-15-10(3-34-40(32,42)37-14)35-19(11(15)22)30-7-29-13-16(23)25-5-27-18(13)30/h4-8,10-11,14-15,19-21H,3H2,1-2H3,(H,32,42)(H,33,43)(H2,23,25,27)/t8-,10+,11+,14+,15+,19+,20+,21+,40?,41?/m0/s1. The van der Waals surface area contributed by atoms with Crippen molar-refractivity contribution in [3.63, 3.8) is 0 Å². The predicted octanol–water partition coefficient (Wildman–Crippen LogP) is 2.62. The summed E-state index contributed by atoms with van der Waals surface area (Å²) in [6, 6.07) is 0. The Bertz CT molecular complexity index is 1820. The molecule has 0 radical (unpaired) electrons. The smallest absolute Gasteiger partial charge is 0.382 e. The maximum atomic E-state index is 13.6. The summed E-state index contributed by atoms with van der Waals surface area (Å²) >= 11 is 16.5. The molecule has 0 saturated carbocycles. The van der Waals surface area contributed by atoms with E-state index in [2.05, 4.69) is 42.2 Å². The summed E-state index contributed by atoms with van der Waals surface area (Å²) in [5, 5.41) is -0.980. The molecule has 4 aromatic heterocycles. The number of halogens is 1. The topological polar surface area (TPSA) is 206 Å². The van der Waals surface area contributed by atoms with E-state index in [9.17, 15) is 9.46 Å². The normalized spacial score (nSPS) is 38.6. The minimum Gasteiger partial charge on any atom is -0.382 e. The Hall–Kier alpha value is -1.86. The lowest BCUT2D eigenvalue weighted by Crippen LogP contribution is -2.35. The van der Waals surface area contributed by atoms with Crippen molar-refractivity contribution in [3.05, 3.63) is 31.0 Å². The number of hydrogen-bond donors (Lipinski definition) is 3. The van der Waals surface area contributed by atoms with Crippen molar-refractivity contribution in [2.24, 2.45) is 5.92 Å². The second-order valence-electron chi connectivity index (χ2n) is 10.1. The molecule has 0 aliphatic carbocycles. The summed E-state index contributed by atoms with van der Waals surface area (Å²) in [7, 11) is 0. The van der Waals surface area contributed by atoms with E-state index >= 15 is 0 Å². The summed E-state index contributed by atoms with van der Waals surface area (Å²) in [6.45, 7) is -5.00. The number of thiol groups is 1. The first-order chi connectivity index (χ1) is 20.4. The van der Waals surface area contributed by atoms with E-state index in [-0.39, 0.29) is 12.4 Å². The van der Waals surface area contributed by atoms with Gasteiger partial charge in [-0.15, -0.1) is 11.6 Å². The van der Waals surface area contributed by atoms with Crippen LogP contribution in [0.1, 0.15) is 25.1 Å². The predicted molar refractivity (Wildman–Crippen MR) is 156 cm³/mol. The zero-order valence-corrected chi connectivity index (χ0v) is 26.5. The van der Waals surface area contributed by atoms with Gasteiger partial charge < -0.3 is 24.6 Å². The molecule has 3 fully saturated rings. The van der Waals surface area contributed by atoms with Crippen molar-refractivity contribution < 1.29 is 37.0 Å². The summed E-state index contributed by atoms with van der Waals surface area (Å²) in [5.41, 5.74) is 8.24. The van der Waals surface area contributed by atoms with Gasteiger partial charge in [-0.05, 0) is 18.7 Å². The number of nitrogens with zero attached hydrogens (tertiary/aromatic N) is 8. The Kier molecular flexibility index (Phi) is 7.56. The molecule has 3 saturated heterocycles.